The number of hydrogen-bond donors (Lipinski definition) is 1. The highest BCUT2D eigenvalue weighted by atomic mass is 16.3. The molecule has 3 aromatic carbocycles. The minimum atomic E-state index is -0.250. The van der Waals surface area contributed by atoms with Crippen molar-refractivity contribution in [1.82, 2.24) is 0 Å². The zero-order valence-electron chi connectivity index (χ0n) is 12.4. The van der Waals surface area contributed by atoms with Crippen LogP contribution in [-0.2, 0) is 4.79 Å². The minimum Gasteiger partial charge on any atom is -0.483 e. The van der Waals surface area contributed by atoms with Crippen molar-refractivity contribution in [2.75, 3.05) is 0 Å². The van der Waals surface area contributed by atoms with E-state index in [1.165, 1.54) is 27.8 Å². The molecule has 0 amide bonds. The molecule has 0 aliphatic heterocycles. The molecule has 0 saturated heterocycles. The van der Waals surface area contributed by atoms with Crippen molar-refractivity contribution in [2.45, 2.75) is 6.92 Å². The lowest BCUT2D eigenvalue weighted by atomic mass is 9.92. The van der Waals surface area contributed by atoms with Gasteiger partial charge in [0.1, 0.15) is 0 Å². The first-order valence-corrected chi connectivity index (χ1v) is 7.06. The number of benzene rings is 3. The molecule has 0 spiro atoms. The quantitative estimate of drug-likeness (QED) is 0.672. The van der Waals surface area contributed by atoms with Crippen molar-refractivity contribution in [3.05, 3.63) is 84.4 Å². The number of carboxylic acid groups (broad SMARTS) is 1. The SMILES string of the molecule is Cc1ccccc1-c1ccccc1-c1ccccc1.O=CO. The molecule has 0 radical (unpaired) electrons. The summed E-state index contributed by atoms with van der Waals surface area (Å²) in [6.45, 7) is 1.91. The summed E-state index contributed by atoms with van der Waals surface area (Å²) < 4.78 is 0. The second-order valence-electron chi connectivity index (χ2n) is 4.83. The smallest absolute Gasteiger partial charge is 0.290 e. The van der Waals surface area contributed by atoms with E-state index in [0.29, 0.717) is 0 Å². The van der Waals surface area contributed by atoms with Crippen LogP contribution in [0.3, 0.4) is 0 Å². The molecular weight excluding hydrogens is 272 g/mol. The van der Waals surface area contributed by atoms with E-state index in [1.807, 2.05) is 0 Å². The van der Waals surface area contributed by atoms with E-state index < -0.39 is 0 Å². The van der Waals surface area contributed by atoms with Crippen molar-refractivity contribution >= 4 is 6.47 Å². The fourth-order valence-corrected chi connectivity index (χ4v) is 2.46. The van der Waals surface area contributed by atoms with Gasteiger partial charge in [-0.05, 0) is 34.7 Å². The maximum absolute atomic E-state index is 8.36. The molecule has 110 valence electrons. The van der Waals surface area contributed by atoms with Gasteiger partial charge < -0.3 is 5.11 Å². The van der Waals surface area contributed by atoms with Gasteiger partial charge in [0.2, 0.25) is 0 Å². The Labute approximate surface area is 130 Å². The lowest BCUT2D eigenvalue weighted by molar-refractivity contribution is -0.122. The van der Waals surface area contributed by atoms with E-state index in [9.17, 15) is 0 Å². The van der Waals surface area contributed by atoms with Crippen LogP contribution in [0.5, 0.6) is 0 Å². The van der Waals surface area contributed by atoms with Crippen molar-refractivity contribution in [1.29, 1.82) is 0 Å². The Morgan fingerprint density at radius 1 is 0.682 bits per heavy atom. The largest absolute Gasteiger partial charge is 0.483 e. The molecule has 0 aromatic heterocycles. The lowest BCUT2D eigenvalue weighted by Gasteiger charge is -2.12. The van der Waals surface area contributed by atoms with Crippen molar-refractivity contribution in [3.63, 3.8) is 0 Å². The summed E-state index contributed by atoms with van der Waals surface area (Å²) in [5, 5.41) is 6.89. The van der Waals surface area contributed by atoms with E-state index in [2.05, 4.69) is 85.8 Å². The van der Waals surface area contributed by atoms with Crippen LogP contribution in [0.15, 0.2) is 78.9 Å². The third-order valence-electron chi connectivity index (χ3n) is 3.45. The summed E-state index contributed by atoms with van der Waals surface area (Å²) in [4.78, 5) is 8.36. The maximum atomic E-state index is 8.36. The fraction of sp³-hybridized carbons (Fsp3) is 0.0500. The molecule has 2 nitrogen and oxygen atoms in total. The maximum Gasteiger partial charge on any atom is 0.290 e. The zero-order valence-corrected chi connectivity index (χ0v) is 12.4. The van der Waals surface area contributed by atoms with Gasteiger partial charge in [-0.1, -0.05) is 78.9 Å². The van der Waals surface area contributed by atoms with E-state index in [-0.39, 0.29) is 6.47 Å². The molecule has 0 saturated carbocycles. The average molecular weight is 290 g/mol. The molecule has 3 aromatic rings. The third kappa shape index (κ3) is 3.61. The first-order chi connectivity index (χ1) is 10.8. The normalized spacial score (nSPS) is 9.50. The minimum absolute atomic E-state index is 0.250. The Morgan fingerprint density at radius 2 is 1.14 bits per heavy atom. The standard InChI is InChI=1S/C19H16.CH2O2/c1-15-9-5-6-12-17(15)19-14-8-7-13-18(19)16-10-3-2-4-11-16;2-1-3/h2-14H,1H3;1H,(H,2,3). The van der Waals surface area contributed by atoms with Crippen molar-refractivity contribution in [3.8, 4) is 22.3 Å². The van der Waals surface area contributed by atoms with Gasteiger partial charge in [-0.3, -0.25) is 4.79 Å². The molecule has 0 aliphatic rings. The Hall–Kier alpha value is -2.87. The first kappa shape index (κ1) is 15.5. The number of hydrogen-bond acceptors (Lipinski definition) is 1. The third-order valence-corrected chi connectivity index (χ3v) is 3.45. The molecule has 2 heteroatoms. The zero-order chi connectivity index (χ0) is 15.8. The fourth-order valence-electron chi connectivity index (χ4n) is 2.46. The molecule has 0 unspecified atom stereocenters. The van der Waals surface area contributed by atoms with Crippen LogP contribution >= 0.6 is 0 Å². The van der Waals surface area contributed by atoms with Crippen molar-refractivity contribution in [2.24, 2.45) is 0 Å². The molecule has 0 bridgehead atoms. The van der Waals surface area contributed by atoms with E-state index in [4.69, 9.17) is 9.90 Å². The number of rotatable bonds is 2. The summed E-state index contributed by atoms with van der Waals surface area (Å²) in [5.41, 5.74) is 6.47. The van der Waals surface area contributed by atoms with Gasteiger partial charge in [-0.15, -0.1) is 0 Å². The van der Waals surface area contributed by atoms with Gasteiger partial charge in [0, 0.05) is 0 Å². The van der Waals surface area contributed by atoms with Crippen LogP contribution in [0.25, 0.3) is 22.3 Å². The second-order valence-corrected chi connectivity index (χ2v) is 4.83. The highest BCUT2D eigenvalue weighted by Gasteiger charge is 2.07. The van der Waals surface area contributed by atoms with E-state index in [1.54, 1.807) is 0 Å². The van der Waals surface area contributed by atoms with Crippen molar-refractivity contribution < 1.29 is 9.90 Å². The highest BCUT2D eigenvalue weighted by Crippen LogP contribution is 2.33. The predicted octanol–water partition coefficient (Wildman–Crippen LogP) is 5.03. The van der Waals surface area contributed by atoms with Crippen LogP contribution < -0.4 is 0 Å². The van der Waals surface area contributed by atoms with Gasteiger partial charge in [0.25, 0.3) is 6.47 Å². The summed E-state index contributed by atoms with van der Waals surface area (Å²) in [7, 11) is 0. The molecule has 0 aliphatic carbocycles. The van der Waals surface area contributed by atoms with Crippen LogP contribution in [-0.4, -0.2) is 11.6 Å². The van der Waals surface area contributed by atoms with Crippen LogP contribution in [0.1, 0.15) is 5.56 Å². The molecule has 0 atom stereocenters. The monoisotopic (exact) mass is 290 g/mol. The Kier molecular flexibility index (Phi) is 5.50. The topological polar surface area (TPSA) is 37.3 Å². The Balaban J connectivity index is 0.000000545. The predicted molar refractivity (Wildman–Crippen MR) is 90.7 cm³/mol. The Bertz CT molecular complexity index is 733. The van der Waals surface area contributed by atoms with Gasteiger partial charge in [0.05, 0.1) is 0 Å². The summed E-state index contributed by atoms with van der Waals surface area (Å²) >= 11 is 0. The molecule has 22 heavy (non-hydrogen) atoms. The second kappa shape index (κ2) is 7.79. The van der Waals surface area contributed by atoms with Gasteiger partial charge >= 0.3 is 0 Å². The van der Waals surface area contributed by atoms with Gasteiger partial charge in [-0.2, -0.15) is 0 Å². The first-order valence-electron chi connectivity index (χ1n) is 7.06. The van der Waals surface area contributed by atoms with Gasteiger partial charge in [-0.25, -0.2) is 0 Å². The summed E-state index contributed by atoms with van der Waals surface area (Å²) in [6.07, 6.45) is 0. The van der Waals surface area contributed by atoms with Gasteiger partial charge in [0.15, 0.2) is 0 Å². The van der Waals surface area contributed by atoms with E-state index in [0.717, 1.165) is 0 Å². The molecule has 1 N–H and O–H groups in total. The Morgan fingerprint density at radius 3 is 1.73 bits per heavy atom. The molecule has 0 fully saturated rings. The summed E-state index contributed by atoms with van der Waals surface area (Å²) in [5.74, 6) is 0. The number of carbonyl (C=O) groups is 1. The average Bonchev–Trinajstić information content (AvgIpc) is 2.57. The van der Waals surface area contributed by atoms with Crippen LogP contribution in [0.4, 0.5) is 0 Å². The van der Waals surface area contributed by atoms with E-state index >= 15 is 0 Å². The highest BCUT2D eigenvalue weighted by molar-refractivity contribution is 5.84. The van der Waals surface area contributed by atoms with Crippen LogP contribution in [0.2, 0.25) is 0 Å². The molecule has 0 heterocycles. The van der Waals surface area contributed by atoms with Crippen LogP contribution in [0, 0.1) is 6.92 Å². The summed E-state index contributed by atoms with van der Waals surface area (Å²) in [6, 6.07) is 27.7. The molecule has 3 rings (SSSR count). The lowest BCUT2D eigenvalue weighted by Crippen LogP contribution is -1.87. The number of aryl methyl sites for hydroxylation is 1. The molecular formula is C20H18O2.